The van der Waals surface area contributed by atoms with Gasteiger partial charge in [0, 0.05) is 29.6 Å². The maximum absolute atomic E-state index is 13.7. The summed E-state index contributed by atoms with van der Waals surface area (Å²) in [6.45, 7) is 7.50. The number of amides is 2. The number of aryl methyl sites for hydroxylation is 1. The summed E-state index contributed by atoms with van der Waals surface area (Å²) in [5.41, 5.74) is 2.73. The predicted octanol–water partition coefficient (Wildman–Crippen LogP) is 5.89. The molecular weight excluding hydrogens is 475 g/mol. The zero-order valence-electron chi connectivity index (χ0n) is 21.1. The number of nitrogens with zero attached hydrogens (tertiary/aromatic N) is 2. The number of halogens is 1. The van der Waals surface area contributed by atoms with E-state index in [1.54, 1.807) is 28.4 Å². The van der Waals surface area contributed by atoms with Crippen LogP contribution in [0.4, 0.5) is 4.39 Å². The molecule has 36 heavy (non-hydrogen) atoms. The van der Waals surface area contributed by atoms with Crippen molar-refractivity contribution in [2.45, 2.75) is 39.7 Å². The summed E-state index contributed by atoms with van der Waals surface area (Å²) in [7, 11) is 0. The van der Waals surface area contributed by atoms with Gasteiger partial charge in [-0.05, 0) is 67.0 Å². The molecule has 0 saturated carbocycles. The zero-order valence-corrected chi connectivity index (χ0v) is 21.9. The van der Waals surface area contributed by atoms with Crippen LogP contribution in [0.2, 0.25) is 0 Å². The fraction of sp³-hybridized carbons (Fsp3) is 0.379. The van der Waals surface area contributed by atoms with Crippen molar-refractivity contribution < 1.29 is 18.7 Å². The summed E-state index contributed by atoms with van der Waals surface area (Å²) in [6.07, 6.45) is 1.58. The summed E-state index contributed by atoms with van der Waals surface area (Å²) in [6, 6.07) is 15.2. The molecule has 7 heteroatoms. The van der Waals surface area contributed by atoms with Gasteiger partial charge in [-0.3, -0.25) is 9.59 Å². The van der Waals surface area contributed by atoms with E-state index in [0.717, 1.165) is 24.0 Å². The van der Waals surface area contributed by atoms with E-state index in [1.807, 2.05) is 47.5 Å². The van der Waals surface area contributed by atoms with Crippen LogP contribution in [0.15, 0.2) is 60.0 Å². The van der Waals surface area contributed by atoms with Crippen LogP contribution in [0.1, 0.15) is 52.7 Å². The lowest BCUT2D eigenvalue weighted by Gasteiger charge is -2.37. The van der Waals surface area contributed by atoms with Gasteiger partial charge < -0.3 is 14.5 Å². The van der Waals surface area contributed by atoms with Crippen LogP contribution >= 0.6 is 11.3 Å². The van der Waals surface area contributed by atoms with Crippen molar-refractivity contribution in [3.05, 3.63) is 87.4 Å². The van der Waals surface area contributed by atoms with Crippen molar-refractivity contribution in [1.29, 1.82) is 0 Å². The number of carbonyl (C=O) groups excluding carboxylic acids is 2. The highest BCUT2D eigenvalue weighted by atomic mass is 32.1. The van der Waals surface area contributed by atoms with Gasteiger partial charge in [0.1, 0.15) is 24.7 Å². The van der Waals surface area contributed by atoms with Crippen LogP contribution in [0.3, 0.4) is 0 Å². The molecule has 2 aromatic carbocycles. The summed E-state index contributed by atoms with van der Waals surface area (Å²) >= 11 is 1.68. The van der Waals surface area contributed by atoms with Gasteiger partial charge in [0.25, 0.3) is 5.91 Å². The van der Waals surface area contributed by atoms with E-state index in [1.165, 1.54) is 17.0 Å². The van der Waals surface area contributed by atoms with Crippen molar-refractivity contribution in [2.75, 3.05) is 26.2 Å². The Balaban J connectivity index is 1.53. The lowest BCUT2D eigenvalue weighted by atomic mass is 10.00. The average molecular weight is 509 g/mol. The van der Waals surface area contributed by atoms with E-state index in [-0.39, 0.29) is 36.8 Å². The Kier molecular flexibility index (Phi) is 8.41. The minimum Gasteiger partial charge on any atom is -0.491 e. The summed E-state index contributed by atoms with van der Waals surface area (Å²) < 4.78 is 19.6. The Morgan fingerprint density at radius 2 is 1.94 bits per heavy atom. The molecule has 0 fully saturated rings. The van der Waals surface area contributed by atoms with Crippen LogP contribution < -0.4 is 4.74 Å². The first-order valence-corrected chi connectivity index (χ1v) is 13.3. The van der Waals surface area contributed by atoms with Crippen molar-refractivity contribution in [3.63, 3.8) is 0 Å². The molecule has 4 rings (SSSR count). The Hall–Kier alpha value is -3.19. The molecule has 0 radical (unpaired) electrons. The summed E-state index contributed by atoms with van der Waals surface area (Å²) in [4.78, 5) is 31.8. The molecule has 3 aromatic rings. The first kappa shape index (κ1) is 25.9. The average Bonchev–Trinajstić information content (AvgIpc) is 3.34. The van der Waals surface area contributed by atoms with Crippen molar-refractivity contribution in [2.24, 2.45) is 5.92 Å². The summed E-state index contributed by atoms with van der Waals surface area (Å²) in [5.74, 6) is 0.228. The second-order valence-corrected chi connectivity index (χ2v) is 10.7. The maximum Gasteiger partial charge on any atom is 0.254 e. The molecule has 190 valence electrons. The largest absolute Gasteiger partial charge is 0.491 e. The lowest BCUT2D eigenvalue weighted by molar-refractivity contribution is -0.135. The third-order valence-corrected chi connectivity index (χ3v) is 7.50. The van der Waals surface area contributed by atoms with Crippen LogP contribution in [0.5, 0.6) is 5.75 Å². The number of fused-ring (bicyclic) bond motifs is 1. The number of rotatable bonds is 9. The van der Waals surface area contributed by atoms with Gasteiger partial charge in [0.05, 0.1) is 6.04 Å². The monoisotopic (exact) mass is 508 g/mol. The number of thiophene rings is 1. The summed E-state index contributed by atoms with van der Waals surface area (Å²) in [5, 5.41) is 2.03. The molecule has 1 aliphatic heterocycles. The van der Waals surface area contributed by atoms with Crippen LogP contribution in [0.25, 0.3) is 0 Å². The highest BCUT2D eigenvalue weighted by Crippen LogP contribution is 2.34. The smallest absolute Gasteiger partial charge is 0.254 e. The number of benzene rings is 2. The van der Waals surface area contributed by atoms with E-state index in [2.05, 4.69) is 13.8 Å². The second-order valence-electron chi connectivity index (χ2n) is 9.70. The van der Waals surface area contributed by atoms with Gasteiger partial charge in [-0.1, -0.05) is 37.6 Å². The fourth-order valence-electron chi connectivity index (χ4n) is 4.41. The molecule has 0 N–H and O–H groups in total. The van der Waals surface area contributed by atoms with Crippen LogP contribution in [-0.4, -0.2) is 47.9 Å². The number of carbonyl (C=O) groups is 2. The van der Waals surface area contributed by atoms with Gasteiger partial charge in [0.15, 0.2) is 0 Å². The molecule has 0 saturated heterocycles. The third kappa shape index (κ3) is 6.32. The van der Waals surface area contributed by atoms with Gasteiger partial charge in [-0.25, -0.2) is 4.39 Å². The van der Waals surface area contributed by atoms with Crippen LogP contribution in [0, 0.1) is 18.7 Å². The van der Waals surface area contributed by atoms with Gasteiger partial charge in [0.2, 0.25) is 5.91 Å². The molecule has 1 aliphatic rings. The van der Waals surface area contributed by atoms with Crippen LogP contribution in [-0.2, 0) is 11.2 Å². The fourth-order valence-corrected chi connectivity index (χ4v) is 5.33. The first-order valence-electron chi connectivity index (χ1n) is 12.4. The standard InChI is InChI=1S/C29H33FN2O3S/c1-20(2)11-14-31(29(34)22-9-7-21(3)8-10-22)18-28(33)32-15-12-27-25(13-16-36-27)26(32)19-35-24-6-4-5-23(30)17-24/h4-10,13,16-17,20,26H,11-12,14-15,18-19H2,1-3H3/t26-/m1/s1. The lowest BCUT2D eigenvalue weighted by Crippen LogP contribution is -2.48. The van der Waals surface area contributed by atoms with E-state index in [4.69, 9.17) is 4.74 Å². The molecule has 0 unspecified atom stereocenters. The van der Waals surface area contributed by atoms with Crippen molar-refractivity contribution >= 4 is 23.2 Å². The molecule has 0 aliphatic carbocycles. The highest BCUT2D eigenvalue weighted by molar-refractivity contribution is 7.10. The minimum absolute atomic E-state index is 0.00929. The van der Waals surface area contributed by atoms with E-state index in [0.29, 0.717) is 30.3 Å². The normalized spacial score (nSPS) is 15.0. The number of hydrogen-bond acceptors (Lipinski definition) is 4. The topological polar surface area (TPSA) is 49.9 Å². The molecule has 1 aromatic heterocycles. The Morgan fingerprint density at radius 3 is 2.67 bits per heavy atom. The zero-order chi connectivity index (χ0) is 25.7. The molecule has 0 spiro atoms. The Morgan fingerprint density at radius 1 is 1.17 bits per heavy atom. The Labute approximate surface area is 216 Å². The van der Waals surface area contributed by atoms with E-state index < -0.39 is 0 Å². The third-order valence-electron chi connectivity index (χ3n) is 6.51. The van der Waals surface area contributed by atoms with Gasteiger partial charge in [-0.15, -0.1) is 11.3 Å². The van der Waals surface area contributed by atoms with Gasteiger partial charge >= 0.3 is 0 Å². The molecule has 5 nitrogen and oxygen atoms in total. The van der Waals surface area contributed by atoms with Gasteiger partial charge in [-0.2, -0.15) is 0 Å². The van der Waals surface area contributed by atoms with E-state index >= 15 is 0 Å². The number of hydrogen-bond donors (Lipinski definition) is 0. The second kappa shape index (κ2) is 11.7. The van der Waals surface area contributed by atoms with E-state index in [9.17, 15) is 14.0 Å². The SMILES string of the molecule is Cc1ccc(C(=O)N(CCC(C)C)CC(=O)N2CCc3sccc3[C@H]2COc2cccc(F)c2)cc1. The maximum atomic E-state index is 13.7. The Bertz CT molecular complexity index is 1190. The highest BCUT2D eigenvalue weighted by Gasteiger charge is 2.33. The quantitative estimate of drug-likeness (QED) is 0.362. The molecule has 1 atom stereocenters. The predicted molar refractivity (Wildman–Crippen MR) is 141 cm³/mol. The van der Waals surface area contributed by atoms with Crippen molar-refractivity contribution in [3.8, 4) is 5.75 Å². The minimum atomic E-state index is -0.365. The first-order chi connectivity index (χ1) is 17.3. The molecule has 0 bridgehead atoms. The van der Waals surface area contributed by atoms with Crippen molar-refractivity contribution in [1.82, 2.24) is 9.80 Å². The molecule has 2 amide bonds. The molecular formula is C29H33FN2O3S. The molecule has 2 heterocycles. The number of ether oxygens (including phenoxy) is 1.